The summed E-state index contributed by atoms with van der Waals surface area (Å²) in [5.74, 6) is 1.61. The fourth-order valence-corrected chi connectivity index (χ4v) is 3.18. The van der Waals surface area contributed by atoms with Crippen molar-refractivity contribution in [3.05, 3.63) is 23.8 Å². The summed E-state index contributed by atoms with van der Waals surface area (Å²) in [6.07, 6.45) is 12.5. The van der Waals surface area contributed by atoms with E-state index in [0.717, 1.165) is 43.2 Å². The molecule has 0 amide bonds. The van der Waals surface area contributed by atoms with Gasteiger partial charge in [-0.2, -0.15) is 0 Å². The average Bonchev–Trinajstić information content (AvgIpc) is 2.67. The number of rotatable bonds is 17. The molecule has 0 aromatic heterocycles. The van der Waals surface area contributed by atoms with E-state index in [1.54, 1.807) is 14.2 Å². The number of ether oxygens (including phenoxy) is 2. The fraction of sp³-hybridized carbons (Fsp3) is 0.727. The minimum absolute atomic E-state index is 0.787. The van der Waals surface area contributed by atoms with Crippen molar-refractivity contribution in [3.8, 4) is 11.5 Å². The standard InChI is InChI=1S/C22H40N2O2/c1-4-5-6-7-8-9-10-11-12-16-23-17-18-24-19-20-14-13-15-21(25-2)22(20)26-3/h13-15,23-24H,4-12,16-19H2,1-3H3. The molecule has 26 heavy (non-hydrogen) atoms. The van der Waals surface area contributed by atoms with Gasteiger partial charge in [-0.1, -0.05) is 70.4 Å². The van der Waals surface area contributed by atoms with Crippen LogP contribution in [0, 0.1) is 0 Å². The second-order valence-electron chi connectivity index (χ2n) is 6.91. The molecule has 4 nitrogen and oxygen atoms in total. The first-order chi connectivity index (χ1) is 12.8. The summed E-state index contributed by atoms with van der Waals surface area (Å²) in [5.41, 5.74) is 1.13. The number of para-hydroxylation sites is 1. The largest absolute Gasteiger partial charge is 0.493 e. The third kappa shape index (κ3) is 10.0. The zero-order chi connectivity index (χ0) is 18.9. The number of unbranched alkanes of at least 4 members (excludes halogenated alkanes) is 8. The molecular formula is C22H40N2O2. The molecule has 1 aromatic carbocycles. The average molecular weight is 365 g/mol. The molecular weight excluding hydrogens is 324 g/mol. The van der Waals surface area contributed by atoms with Crippen LogP contribution >= 0.6 is 0 Å². The molecule has 2 N–H and O–H groups in total. The number of methoxy groups -OCH3 is 2. The Hall–Kier alpha value is -1.26. The minimum atomic E-state index is 0.787. The van der Waals surface area contributed by atoms with Gasteiger partial charge in [0.05, 0.1) is 14.2 Å². The molecule has 150 valence electrons. The Morgan fingerprint density at radius 2 is 1.38 bits per heavy atom. The smallest absolute Gasteiger partial charge is 0.165 e. The van der Waals surface area contributed by atoms with E-state index < -0.39 is 0 Å². The van der Waals surface area contributed by atoms with Gasteiger partial charge in [0.25, 0.3) is 0 Å². The van der Waals surface area contributed by atoms with Crippen molar-refractivity contribution in [3.63, 3.8) is 0 Å². The summed E-state index contributed by atoms with van der Waals surface area (Å²) in [6, 6.07) is 6.00. The third-order valence-corrected chi connectivity index (χ3v) is 4.74. The lowest BCUT2D eigenvalue weighted by molar-refractivity contribution is 0.350. The maximum atomic E-state index is 5.46. The Bertz CT molecular complexity index is 452. The SMILES string of the molecule is CCCCCCCCCCCNCCNCc1cccc(OC)c1OC. The van der Waals surface area contributed by atoms with Crippen LogP contribution in [0.4, 0.5) is 0 Å². The highest BCUT2D eigenvalue weighted by Gasteiger charge is 2.08. The Labute approximate surface area is 161 Å². The molecule has 0 saturated carbocycles. The van der Waals surface area contributed by atoms with Crippen LogP contribution in [0.3, 0.4) is 0 Å². The van der Waals surface area contributed by atoms with E-state index in [9.17, 15) is 0 Å². The van der Waals surface area contributed by atoms with Crippen LogP contribution in [0.1, 0.15) is 70.3 Å². The van der Waals surface area contributed by atoms with Crippen LogP contribution in [0.2, 0.25) is 0 Å². The second-order valence-corrected chi connectivity index (χ2v) is 6.91. The maximum absolute atomic E-state index is 5.46. The number of hydrogen-bond donors (Lipinski definition) is 2. The van der Waals surface area contributed by atoms with E-state index in [-0.39, 0.29) is 0 Å². The van der Waals surface area contributed by atoms with E-state index in [0.29, 0.717) is 0 Å². The molecule has 1 rings (SSSR count). The summed E-state index contributed by atoms with van der Waals surface area (Å²) in [4.78, 5) is 0. The molecule has 4 heteroatoms. The van der Waals surface area contributed by atoms with Crippen molar-refractivity contribution >= 4 is 0 Å². The molecule has 0 unspecified atom stereocenters. The summed E-state index contributed by atoms with van der Waals surface area (Å²) >= 11 is 0. The van der Waals surface area contributed by atoms with Gasteiger partial charge in [-0.25, -0.2) is 0 Å². The van der Waals surface area contributed by atoms with Gasteiger partial charge in [-0.05, 0) is 19.0 Å². The number of nitrogens with one attached hydrogen (secondary N) is 2. The zero-order valence-corrected chi connectivity index (χ0v) is 17.2. The van der Waals surface area contributed by atoms with E-state index in [1.165, 1.54) is 57.8 Å². The van der Waals surface area contributed by atoms with E-state index in [2.05, 4.69) is 23.6 Å². The monoisotopic (exact) mass is 364 g/mol. The van der Waals surface area contributed by atoms with Crippen LogP contribution in [0.25, 0.3) is 0 Å². The van der Waals surface area contributed by atoms with Crippen LogP contribution in [-0.4, -0.2) is 33.9 Å². The first-order valence-electron chi connectivity index (χ1n) is 10.4. The van der Waals surface area contributed by atoms with Gasteiger partial charge in [-0.15, -0.1) is 0 Å². The molecule has 0 fully saturated rings. The topological polar surface area (TPSA) is 42.5 Å². The van der Waals surface area contributed by atoms with Gasteiger partial charge in [-0.3, -0.25) is 0 Å². The van der Waals surface area contributed by atoms with Crippen LogP contribution in [-0.2, 0) is 6.54 Å². The first kappa shape index (κ1) is 22.8. The van der Waals surface area contributed by atoms with Crippen molar-refractivity contribution in [2.75, 3.05) is 33.9 Å². The van der Waals surface area contributed by atoms with Gasteiger partial charge in [0.2, 0.25) is 0 Å². The molecule has 0 atom stereocenters. The van der Waals surface area contributed by atoms with Crippen LogP contribution in [0.5, 0.6) is 11.5 Å². The Morgan fingerprint density at radius 3 is 2.04 bits per heavy atom. The molecule has 0 saturated heterocycles. The van der Waals surface area contributed by atoms with Gasteiger partial charge >= 0.3 is 0 Å². The molecule has 1 aromatic rings. The lowest BCUT2D eigenvalue weighted by atomic mass is 10.1. The molecule has 0 heterocycles. The van der Waals surface area contributed by atoms with Crippen molar-refractivity contribution < 1.29 is 9.47 Å². The fourth-order valence-electron chi connectivity index (χ4n) is 3.18. The quantitative estimate of drug-likeness (QED) is 0.385. The summed E-state index contributed by atoms with van der Waals surface area (Å²) < 4.78 is 10.8. The van der Waals surface area contributed by atoms with Crippen LogP contribution < -0.4 is 20.1 Å². The Kier molecular flexibility index (Phi) is 14.0. The molecule has 0 bridgehead atoms. The predicted molar refractivity (Wildman–Crippen MR) is 111 cm³/mol. The lowest BCUT2D eigenvalue weighted by Crippen LogP contribution is -2.27. The summed E-state index contributed by atoms with van der Waals surface area (Å²) in [7, 11) is 3.36. The van der Waals surface area contributed by atoms with E-state index >= 15 is 0 Å². The maximum Gasteiger partial charge on any atom is 0.165 e. The van der Waals surface area contributed by atoms with Crippen molar-refractivity contribution in [1.29, 1.82) is 0 Å². The predicted octanol–water partition coefficient (Wildman–Crippen LogP) is 4.91. The Balaban J connectivity index is 1.95. The third-order valence-electron chi connectivity index (χ3n) is 4.74. The molecule has 0 radical (unpaired) electrons. The van der Waals surface area contributed by atoms with Gasteiger partial charge < -0.3 is 20.1 Å². The molecule has 0 spiro atoms. The summed E-state index contributed by atoms with van der Waals surface area (Å²) in [5, 5.41) is 6.99. The van der Waals surface area contributed by atoms with Gasteiger partial charge in [0.1, 0.15) is 0 Å². The normalized spacial score (nSPS) is 10.9. The van der Waals surface area contributed by atoms with Crippen molar-refractivity contribution in [2.45, 2.75) is 71.3 Å². The zero-order valence-electron chi connectivity index (χ0n) is 17.2. The van der Waals surface area contributed by atoms with Gasteiger partial charge in [0.15, 0.2) is 11.5 Å². The molecule has 0 aliphatic carbocycles. The summed E-state index contributed by atoms with van der Waals surface area (Å²) in [6.45, 7) is 6.15. The highest BCUT2D eigenvalue weighted by atomic mass is 16.5. The minimum Gasteiger partial charge on any atom is -0.493 e. The number of benzene rings is 1. The highest BCUT2D eigenvalue weighted by molar-refractivity contribution is 5.46. The first-order valence-corrected chi connectivity index (χ1v) is 10.4. The highest BCUT2D eigenvalue weighted by Crippen LogP contribution is 2.30. The second kappa shape index (κ2) is 16.0. The Morgan fingerprint density at radius 1 is 0.731 bits per heavy atom. The van der Waals surface area contributed by atoms with Crippen molar-refractivity contribution in [2.24, 2.45) is 0 Å². The van der Waals surface area contributed by atoms with E-state index in [4.69, 9.17) is 9.47 Å². The van der Waals surface area contributed by atoms with Crippen LogP contribution in [0.15, 0.2) is 18.2 Å². The van der Waals surface area contributed by atoms with Gasteiger partial charge in [0, 0.05) is 25.2 Å². The van der Waals surface area contributed by atoms with E-state index in [1.807, 2.05) is 12.1 Å². The molecule has 0 aliphatic rings. The molecule has 0 aliphatic heterocycles. The van der Waals surface area contributed by atoms with Crippen molar-refractivity contribution in [1.82, 2.24) is 10.6 Å². The lowest BCUT2D eigenvalue weighted by Gasteiger charge is -2.13. The number of hydrogen-bond acceptors (Lipinski definition) is 4.